The highest BCUT2D eigenvalue weighted by Crippen LogP contribution is 2.44. The van der Waals surface area contributed by atoms with E-state index in [1.54, 1.807) is 6.07 Å². The van der Waals surface area contributed by atoms with Gasteiger partial charge in [0.1, 0.15) is 11.3 Å². The van der Waals surface area contributed by atoms with Crippen molar-refractivity contribution in [3.05, 3.63) is 47.3 Å². The molecule has 2 aromatic heterocycles. The topological polar surface area (TPSA) is 111 Å². The average Bonchev–Trinajstić information content (AvgIpc) is 3.28. The van der Waals surface area contributed by atoms with Gasteiger partial charge in [-0.2, -0.15) is 10.1 Å². The van der Waals surface area contributed by atoms with Crippen LogP contribution in [0.4, 0.5) is 22.0 Å². The molecule has 2 atom stereocenters. The molecule has 220 valence electrons. The number of piperazine rings is 1. The Bertz CT molecular complexity index is 1720. The molecule has 0 bridgehead atoms. The lowest BCUT2D eigenvalue weighted by molar-refractivity contribution is -0.130. The van der Waals surface area contributed by atoms with E-state index in [1.807, 2.05) is 51.9 Å². The molecule has 0 unspecified atom stereocenters. The van der Waals surface area contributed by atoms with E-state index in [0.29, 0.717) is 52.8 Å². The number of carbonyl (C=O) groups excluding carboxylic acids is 1. The first kappa shape index (κ1) is 28.2. The molecule has 4 heterocycles. The Morgan fingerprint density at radius 2 is 1.83 bits per heavy atom. The van der Waals surface area contributed by atoms with Crippen LogP contribution in [0.3, 0.4) is 0 Å². The highest BCUT2D eigenvalue weighted by Gasteiger charge is 2.36. The minimum absolute atomic E-state index is 0.111. The number of amides is 1. The molecule has 4 aromatic rings. The van der Waals surface area contributed by atoms with E-state index in [4.69, 9.17) is 27.3 Å². The standard InChI is InChI=1S/C30H35ClFN9O/c1-7-22(42)41-16(3)11-39(12-17(41)4)29-19-10-20(31)24(23-15(2)8-9-21-25(23)28(33)37-36-21)26(32)27(19)34-30(35-29)40-13-18(14-40)38(5)6/h7-10,16-18H,1,11-14H2,2-6H3,(H3,33,36,37)/t16-,17+. The number of H-pyrrole nitrogens is 1. The predicted octanol–water partition coefficient (Wildman–Crippen LogP) is 4.22. The first-order valence-electron chi connectivity index (χ1n) is 14.0. The molecule has 12 heteroatoms. The third kappa shape index (κ3) is 4.42. The number of aryl methyl sites for hydroxylation is 1. The first-order chi connectivity index (χ1) is 20.0. The molecule has 0 aliphatic carbocycles. The second kappa shape index (κ2) is 10.4. The van der Waals surface area contributed by atoms with Crippen molar-refractivity contribution in [1.29, 1.82) is 0 Å². The number of nitrogens with one attached hydrogen (secondary N) is 1. The average molecular weight is 592 g/mol. The van der Waals surface area contributed by atoms with Gasteiger partial charge in [-0.25, -0.2) is 9.37 Å². The zero-order valence-corrected chi connectivity index (χ0v) is 25.2. The summed E-state index contributed by atoms with van der Waals surface area (Å²) in [6, 6.07) is 5.64. The van der Waals surface area contributed by atoms with Gasteiger partial charge in [-0.3, -0.25) is 9.89 Å². The number of fused-ring (bicyclic) bond motifs is 2. The summed E-state index contributed by atoms with van der Waals surface area (Å²) < 4.78 is 16.9. The van der Waals surface area contributed by atoms with Gasteiger partial charge in [0.25, 0.3) is 0 Å². The summed E-state index contributed by atoms with van der Waals surface area (Å²) in [5.74, 6) is 0.682. The summed E-state index contributed by atoms with van der Waals surface area (Å²) in [5, 5.41) is 8.42. The van der Waals surface area contributed by atoms with Gasteiger partial charge in [0.05, 0.1) is 15.9 Å². The normalized spacial score (nSPS) is 19.7. The number of hydrogen-bond donors (Lipinski definition) is 2. The Morgan fingerprint density at radius 3 is 2.48 bits per heavy atom. The molecule has 2 saturated heterocycles. The van der Waals surface area contributed by atoms with Crippen LogP contribution in [0.5, 0.6) is 0 Å². The Kier molecular flexibility index (Phi) is 6.97. The Morgan fingerprint density at radius 1 is 1.14 bits per heavy atom. The number of aromatic amines is 1. The Labute approximate surface area is 248 Å². The maximum Gasteiger partial charge on any atom is 0.246 e. The van der Waals surface area contributed by atoms with Crippen molar-refractivity contribution in [1.82, 2.24) is 30.0 Å². The molecule has 2 aliphatic heterocycles. The number of aromatic nitrogens is 4. The molecule has 10 nitrogen and oxygen atoms in total. The van der Waals surface area contributed by atoms with Crippen molar-refractivity contribution in [2.24, 2.45) is 0 Å². The zero-order chi connectivity index (χ0) is 30.0. The number of nitrogens with zero attached hydrogens (tertiary/aromatic N) is 7. The molecule has 42 heavy (non-hydrogen) atoms. The third-order valence-electron chi connectivity index (χ3n) is 8.59. The maximum atomic E-state index is 16.9. The molecule has 0 radical (unpaired) electrons. The van der Waals surface area contributed by atoms with E-state index in [-0.39, 0.29) is 39.9 Å². The van der Waals surface area contributed by atoms with Crippen molar-refractivity contribution in [3.8, 4) is 11.1 Å². The van der Waals surface area contributed by atoms with Gasteiger partial charge < -0.3 is 25.3 Å². The third-order valence-corrected chi connectivity index (χ3v) is 8.89. The summed E-state index contributed by atoms with van der Waals surface area (Å²) in [4.78, 5) is 30.5. The number of carbonyl (C=O) groups is 1. The van der Waals surface area contributed by atoms with Gasteiger partial charge in [-0.15, -0.1) is 0 Å². The van der Waals surface area contributed by atoms with E-state index in [9.17, 15) is 4.79 Å². The number of rotatable bonds is 5. The number of anilines is 3. The molecular weight excluding hydrogens is 557 g/mol. The van der Waals surface area contributed by atoms with E-state index in [1.165, 1.54) is 6.08 Å². The van der Waals surface area contributed by atoms with Crippen molar-refractivity contribution in [2.75, 3.05) is 55.8 Å². The van der Waals surface area contributed by atoms with Crippen LogP contribution in [0.2, 0.25) is 5.02 Å². The van der Waals surface area contributed by atoms with Crippen molar-refractivity contribution in [3.63, 3.8) is 0 Å². The quantitative estimate of drug-likeness (QED) is 0.332. The van der Waals surface area contributed by atoms with Crippen LogP contribution in [0.25, 0.3) is 32.9 Å². The number of likely N-dealkylation sites (N-methyl/N-ethyl adjacent to an activating group) is 1. The fraction of sp³-hybridized carbons (Fsp3) is 0.400. The predicted molar refractivity (Wildman–Crippen MR) is 167 cm³/mol. The fourth-order valence-corrected chi connectivity index (χ4v) is 6.61. The summed E-state index contributed by atoms with van der Waals surface area (Å²) in [6.07, 6.45) is 1.35. The van der Waals surface area contributed by atoms with Gasteiger partial charge in [-0.05, 0) is 58.6 Å². The Hall–Kier alpha value is -3.96. The highest BCUT2D eigenvalue weighted by atomic mass is 35.5. The molecule has 0 spiro atoms. The van der Waals surface area contributed by atoms with Crippen molar-refractivity contribution in [2.45, 2.75) is 38.9 Å². The first-order valence-corrected chi connectivity index (χ1v) is 14.4. The lowest BCUT2D eigenvalue weighted by Crippen LogP contribution is -2.59. The summed E-state index contributed by atoms with van der Waals surface area (Å²) in [6.45, 7) is 12.0. The molecule has 2 aliphatic rings. The fourth-order valence-electron chi connectivity index (χ4n) is 6.33. The monoisotopic (exact) mass is 591 g/mol. The van der Waals surface area contributed by atoms with Gasteiger partial charge >= 0.3 is 0 Å². The van der Waals surface area contributed by atoms with Crippen LogP contribution in [0, 0.1) is 12.7 Å². The number of hydrogen-bond acceptors (Lipinski definition) is 8. The van der Waals surface area contributed by atoms with Gasteiger partial charge in [-0.1, -0.05) is 24.2 Å². The van der Waals surface area contributed by atoms with Gasteiger partial charge in [0.15, 0.2) is 11.6 Å². The number of halogens is 2. The van der Waals surface area contributed by atoms with E-state index >= 15 is 4.39 Å². The maximum absolute atomic E-state index is 16.9. The molecule has 0 saturated carbocycles. The van der Waals surface area contributed by atoms with Crippen LogP contribution >= 0.6 is 11.6 Å². The minimum atomic E-state index is -0.537. The molecule has 3 N–H and O–H groups in total. The minimum Gasteiger partial charge on any atom is -0.382 e. The smallest absolute Gasteiger partial charge is 0.246 e. The van der Waals surface area contributed by atoms with E-state index in [0.717, 1.165) is 18.7 Å². The van der Waals surface area contributed by atoms with Gasteiger partial charge in [0.2, 0.25) is 11.9 Å². The summed E-state index contributed by atoms with van der Waals surface area (Å²) in [7, 11) is 4.08. The largest absolute Gasteiger partial charge is 0.382 e. The van der Waals surface area contributed by atoms with Crippen LogP contribution in [0.1, 0.15) is 19.4 Å². The second-order valence-electron chi connectivity index (χ2n) is 11.7. The zero-order valence-electron chi connectivity index (χ0n) is 24.4. The number of nitrogens with two attached hydrogens (primary N) is 1. The van der Waals surface area contributed by atoms with Crippen LogP contribution < -0.4 is 15.5 Å². The molecule has 2 fully saturated rings. The molecule has 1 amide bonds. The number of benzene rings is 2. The highest BCUT2D eigenvalue weighted by molar-refractivity contribution is 6.35. The Balaban J connectivity index is 1.54. The lowest BCUT2D eigenvalue weighted by atomic mass is 9.94. The SMILES string of the molecule is C=CC(=O)N1[C@H](C)CN(c2nc(N3CC(N(C)C)C3)nc3c(F)c(-c4c(C)ccc5[nH]nc(N)c45)c(Cl)cc23)C[C@@H]1C. The number of nitrogen functional groups attached to an aromatic ring is 1. The second-order valence-corrected chi connectivity index (χ2v) is 12.1. The lowest BCUT2D eigenvalue weighted by Gasteiger charge is -2.45. The summed E-state index contributed by atoms with van der Waals surface area (Å²) in [5.41, 5.74) is 8.73. The molecule has 6 rings (SSSR count). The van der Waals surface area contributed by atoms with Crippen molar-refractivity contribution >= 4 is 56.9 Å². The van der Waals surface area contributed by atoms with Crippen LogP contribution in [-0.4, -0.2) is 94.3 Å². The summed E-state index contributed by atoms with van der Waals surface area (Å²) >= 11 is 6.92. The van der Waals surface area contributed by atoms with Crippen LogP contribution in [0.15, 0.2) is 30.9 Å². The van der Waals surface area contributed by atoms with Crippen molar-refractivity contribution < 1.29 is 9.18 Å². The van der Waals surface area contributed by atoms with Gasteiger partial charge in [0, 0.05) is 60.8 Å². The molecular formula is C30H35ClFN9O. The molecule has 2 aromatic carbocycles. The van der Waals surface area contributed by atoms with E-state index < -0.39 is 5.82 Å². The van der Waals surface area contributed by atoms with Crippen LogP contribution in [-0.2, 0) is 4.79 Å². The van der Waals surface area contributed by atoms with E-state index in [2.05, 4.69) is 31.5 Å².